The third-order valence-corrected chi connectivity index (χ3v) is 2.60. The molecule has 0 bridgehead atoms. The molecule has 1 unspecified atom stereocenters. The number of carboxylic acid groups (broad SMARTS) is 2. The van der Waals surface area contributed by atoms with E-state index >= 15 is 0 Å². The fraction of sp³-hybridized carbons (Fsp3) is 0.714. The maximum atomic E-state index is 10.5. The Morgan fingerprint density at radius 2 is 2.00 bits per heavy atom. The molecule has 0 saturated carbocycles. The van der Waals surface area contributed by atoms with Crippen LogP contribution in [0.3, 0.4) is 0 Å². The average Bonchev–Trinajstić information content (AvgIpc) is 2.02. The lowest BCUT2D eigenvalue weighted by atomic mass is 10.3. The van der Waals surface area contributed by atoms with Crippen LogP contribution in [0.5, 0.6) is 0 Å². The zero-order chi connectivity index (χ0) is 10.3. The molecule has 76 valence electrons. The standard InChI is InChI=1S/C7H13NO4S/c8-2-1-3-13-5(7(11)12)4-6(9)10/h5H,1-4,8H2,(H,9,10)(H,11,12). The molecule has 0 amide bonds. The third kappa shape index (κ3) is 6.41. The van der Waals surface area contributed by atoms with Gasteiger partial charge in [-0.1, -0.05) is 0 Å². The molecule has 6 heteroatoms. The van der Waals surface area contributed by atoms with Crippen molar-refractivity contribution in [2.24, 2.45) is 5.73 Å². The molecule has 4 N–H and O–H groups in total. The van der Waals surface area contributed by atoms with Crippen LogP contribution in [0, 0.1) is 0 Å². The smallest absolute Gasteiger partial charge is 0.317 e. The summed E-state index contributed by atoms with van der Waals surface area (Å²) in [4.78, 5) is 20.8. The number of nitrogens with two attached hydrogens (primary N) is 1. The second-order valence-corrected chi connectivity index (χ2v) is 3.75. The first-order chi connectivity index (χ1) is 6.07. The minimum absolute atomic E-state index is 0.343. The van der Waals surface area contributed by atoms with Crippen molar-refractivity contribution in [3.63, 3.8) is 0 Å². The van der Waals surface area contributed by atoms with Crippen molar-refractivity contribution >= 4 is 23.7 Å². The van der Waals surface area contributed by atoms with E-state index in [1.165, 1.54) is 0 Å². The molecule has 0 aliphatic heterocycles. The van der Waals surface area contributed by atoms with Crippen LogP contribution in [0.25, 0.3) is 0 Å². The van der Waals surface area contributed by atoms with Gasteiger partial charge in [-0.15, -0.1) is 11.8 Å². The SMILES string of the molecule is NCCCSC(CC(=O)O)C(=O)O. The number of aliphatic carboxylic acids is 2. The van der Waals surface area contributed by atoms with Crippen molar-refractivity contribution in [1.82, 2.24) is 0 Å². The second-order valence-electron chi connectivity index (χ2n) is 2.44. The van der Waals surface area contributed by atoms with E-state index in [1.807, 2.05) is 0 Å². The van der Waals surface area contributed by atoms with E-state index in [2.05, 4.69) is 0 Å². The Labute approximate surface area is 80.3 Å². The van der Waals surface area contributed by atoms with Crippen molar-refractivity contribution in [3.05, 3.63) is 0 Å². The van der Waals surface area contributed by atoms with Gasteiger partial charge in [-0.05, 0) is 18.7 Å². The quantitative estimate of drug-likeness (QED) is 0.508. The first-order valence-electron chi connectivity index (χ1n) is 3.84. The molecule has 0 heterocycles. The molecule has 0 aromatic heterocycles. The van der Waals surface area contributed by atoms with Gasteiger partial charge in [0.15, 0.2) is 0 Å². The molecular weight excluding hydrogens is 194 g/mol. The minimum atomic E-state index is -1.09. The Kier molecular flexibility index (Phi) is 6.34. The van der Waals surface area contributed by atoms with Crippen LogP contribution in [-0.2, 0) is 9.59 Å². The van der Waals surface area contributed by atoms with Gasteiger partial charge in [-0.25, -0.2) is 0 Å². The number of thioether (sulfide) groups is 1. The highest BCUT2D eigenvalue weighted by molar-refractivity contribution is 8.00. The maximum absolute atomic E-state index is 10.5. The lowest BCUT2D eigenvalue weighted by Gasteiger charge is -2.08. The molecular formula is C7H13NO4S. The monoisotopic (exact) mass is 207 g/mol. The van der Waals surface area contributed by atoms with Crippen LogP contribution in [-0.4, -0.2) is 39.7 Å². The van der Waals surface area contributed by atoms with E-state index < -0.39 is 17.2 Å². The number of hydrogen-bond donors (Lipinski definition) is 3. The normalized spacial score (nSPS) is 12.4. The van der Waals surface area contributed by atoms with Crippen molar-refractivity contribution < 1.29 is 19.8 Å². The first-order valence-corrected chi connectivity index (χ1v) is 4.89. The predicted molar refractivity (Wildman–Crippen MR) is 49.8 cm³/mol. The highest BCUT2D eigenvalue weighted by Crippen LogP contribution is 2.15. The van der Waals surface area contributed by atoms with Crippen LogP contribution < -0.4 is 5.73 Å². The van der Waals surface area contributed by atoms with E-state index in [0.717, 1.165) is 11.8 Å². The van der Waals surface area contributed by atoms with Gasteiger partial charge in [0.2, 0.25) is 0 Å². The molecule has 0 aromatic carbocycles. The van der Waals surface area contributed by atoms with Gasteiger partial charge in [-0.2, -0.15) is 0 Å². The molecule has 0 aromatic rings. The zero-order valence-corrected chi connectivity index (χ0v) is 7.92. The van der Waals surface area contributed by atoms with Crippen LogP contribution in [0.15, 0.2) is 0 Å². The van der Waals surface area contributed by atoms with E-state index in [0.29, 0.717) is 18.7 Å². The van der Waals surface area contributed by atoms with E-state index in [4.69, 9.17) is 15.9 Å². The van der Waals surface area contributed by atoms with Crippen LogP contribution in [0.2, 0.25) is 0 Å². The summed E-state index contributed by atoms with van der Waals surface area (Å²) in [7, 11) is 0. The second kappa shape index (κ2) is 6.73. The Hall–Kier alpha value is -0.750. The van der Waals surface area contributed by atoms with Crippen molar-refractivity contribution in [3.8, 4) is 0 Å². The Morgan fingerprint density at radius 3 is 2.38 bits per heavy atom. The molecule has 0 spiro atoms. The van der Waals surface area contributed by atoms with Gasteiger partial charge in [0.1, 0.15) is 5.25 Å². The number of carbonyl (C=O) groups is 2. The topological polar surface area (TPSA) is 101 Å². The molecule has 0 aliphatic rings. The Balaban J connectivity index is 3.81. The third-order valence-electron chi connectivity index (χ3n) is 1.30. The molecule has 0 aliphatic carbocycles. The van der Waals surface area contributed by atoms with Crippen LogP contribution in [0.4, 0.5) is 0 Å². The van der Waals surface area contributed by atoms with E-state index in [9.17, 15) is 9.59 Å². The van der Waals surface area contributed by atoms with E-state index in [-0.39, 0.29) is 6.42 Å². The molecule has 0 saturated heterocycles. The predicted octanol–water partition coefficient (Wildman–Crippen LogP) is -0.00370. The largest absolute Gasteiger partial charge is 0.481 e. The molecule has 0 fully saturated rings. The number of hydrogen-bond acceptors (Lipinski definition) is 4. The summed E-state index contributed by atoms with van der Waals surface area (Å²) in [6.45, 7) is 0.492. The van der Waals surface area contributed by atoms with Crippen molar-refractivity contribution in [1.29, 1.82) is 0 Å². The molecule has 0 radical (unpaired) electrons. The summed E-state index contributed by atoms with van der Waals surface area (Å²) < 4.78 is 0. The fourth-order valence-electron chi connectivity index (χ4n) is 0.685. The number of carboxylic acids is 2. The lowest BCUT2D eigenvalue weighted by Crippen LogP contribution is -2.21. The highest BCUT2D eigenvalue weighted by Gasteiger charge is 2.20. The number of rotatable bonds is 7. The van der Waals surface area contributed by atoms with Gasteiger partial charge in [0, 0.05) is 0 Å². The first kappa shape index (κ1) is 12.2. The summed E-state index contributed by atoms with van der Waals surface area (Å²) in [5.74, 6) is -1.59. The Bertz CT molecular complexity index is 185. The van der Waals surface area contributed by atoms with Crippen LogP contribution >= 0.6 is 11.8 Å². The summed E-state index contributed by atoms with van der Waals surface area (Å²) in [5.41, 5.74) is 5.22. The minimum Gasteiger partial charge on any atom is -0.481 e. The summed E-state index contributed by atoms with van der Waals surface area (Å²) in [6, 6.07) is 0. The Morgan fingerprint density at radius 1 is 1.38 bits per heavy atom. The van der Waals surface area contributed by atoms with Crippen molar-refractivity contribution in [2.75, 3.05) is 12.3 Å². The van der Waals surface area contributed by atoms with Gasteiger partial charge in [0.25, 0.3) is 0 Å². The molecule has 13 heavy (non-hydrogen) atoms. The average molecular weight is 207 g/mol. The van der Waals surface area contributed by atoms with Gasteiger partial charge >= 0.3 is 11.9 Å². The van der Waals surface area contributed by atoms with Gasteiger partial charge in [-0.3, -0.25) is 9.59 Å². The summed E-state index contributed by atoms with van der Waals surface area (Å²) in [5, 5.41) is 16.1. The van der Waals surface area contributed by atoms with Crippen molar-refractivity contribution in [2.45, 2.75) is 18.1 Å². The maximum Gasteiger partial charge on any atom is 0.317 e. The fourth-order valence-corrected chi connectivity index (χ4v) is 1.71. The zero-order valence-electron chi connectivity index (χ0n) is 7.10. The summed E-state index contributed by atoms with van der Waals surface area (Å²) in [6.07, 6.45) is 0.360. The van der Waals surface area contributed by atoms with Gasteiger partial charge < -0.3 is 15.9 Å². The summed E-state index contributed by atoms with van der Waals surface area (Å²) >= 11 is 1.12. The highest BCUT2D eigenvalue weighted by atomic mass is 32.2. The molecule has 5 nitrogen and oxygen atoms in total. The van der Waals surface area contributed by atoms with Gasteiger partial charge in [0.05, 0.1) is 6.42 Å². The molecule has 0 rings (SSSR count). The lowest BCUT2D eigenvalue weighted by molar-refractivity contribution is -0.142. The van der Waals surface area contributed by atoms with Crippen LogP contribution in [0.1, 0.15) is 12.8 Å². The van der Waals surface area contributed by atoms with E-state index in [1.54, 1.807) is 0 Å². The molecule has 1 atom stereocenters.